The molecular weight excluding hydrogens is 589 g/mol. The smallest absolute Gasteiger partial charge is 0.0159 e. The molecule has 49 heavy (non-hydrogen) atoms. The van der Waals surface area contributed by atoms with Crippen LogP contribution >= 0.6 is 0 Å². The van der Waals surface area contributed by atoms with Crippen molar-refractivity contribution in [1.82, 2.24) is 0 Å². The van der Waals surface area contributed by atoms with E-state index >= 15 is 0 Å². The highest BCUT2D eigenvalue weighted by atomic mass is 14.4. The van der Waals surface area contributed by atoms with Crippen molar-refractivity contribution in [2.45, 2.75) is 19.3 Å². The predicted molar refractivity (Wildman–Crippen MR) is 210 cm³/mol. The minimum Gasteiger partial charge on any atom is -0.0622 e. The van der Waals surface area contributed by atoms with Gasteiger partial charge < -0.3 is 0 Å². The van der Waals surface area contributed by atoms with Crippen molar-refractivity contribution in [3.63, 3.8) is 0 Å². The maximum Gasteiger partial charge on any atom is 0.0159 e. The maximum absolute atomic E-state index is 2.49. The summed E-state index contributed by atoms with van der Waals surface area (Å²) in [6, 6.07) is 63.1. The van der Waals surface area contributed by atoms with Crippen molar-refractivity contribution < 1.29 is 0 Å². The molecule has 0 atom stereocenters. The monoisotopic (exact) mass is 622 g/mol. The molecule has 0 heterocycles. The molecule has 0 radical (unpaired) electrons. The molecule has 0 N–H and O–H groups in total. The average molecular weight is 623 g/mol. The molecule has 1 aliphatic carbocycles. The Balaban J connectivity index is 1.25. The van der Waals surface area contributed by atoms with Gasteiger partial charge in [0.2, 0.25) is 0 Å². The molecule has 0 saturated carbocycles. The molecule has 0 saturated heterocycles. The van der Waals surface area contributed by atoms with E-state index in [-0.39, 0.29) is 5.41 Å². The molecule has 1 aliphatic rings. The lowest BCUT2D eigenvalue weighted by molar-refractivity contribution is 0.661. The lowest BCUT2D eigenvalue weighted by atomic mass is 9.80. The Labute approximate surface area is 286 Å². The van der Waals surface area contributed by atoms with E-state index in [9.17, 15) is 0 Å². The van der Waals surface area contributed by atoms with Gasteiger partial charge in [0.25, 0.3) is 0 Å². The summed E-state index contributed by atoms with van der Waals surface area (Å²) in [5.74, 6) is 0. The average Bonchev–Trinajstić information content (AvgIpc) is 3.39. The van der Waals surface area contributed by atoms with Gasteiger partial charge in [0.1, 0.15) is 0 Å². The van der Waals surface area contributed by atoms with E-state index in [0.717, 1.165) is 0 Å². The fourth-order valence-electron chi connectivity index (χ4n) is 8.72. The summed E-state index contributed by atoms with van der Waals surface area (Å²) in [6.45, 7) is 4.78. The van der Waals surface area contributed by atoms with Crippen molar-refractivity contribution in [3.8, 4) is 44.5 Å². The predicted octanol–water partition coefficient (Wildman–Crippen LogP) is 13.6. The van der Waals surface area contributed by atoms with E-state index in [4.69, 9.17) is 0 Å². The van der Waals surface area contributed by atoms with Gasteiger partial charge in [0.05, 0.1) is 0 Å². The van der Waals surface area contributed by atoms with Crippen LogP contribution in [0.3, 0.4) is 0 Å². The molecule has 10 rings (SSSR count). The van der Waals surface area contributed by atoms with Crippen molar-refractivity contribution in [2.75, 3.05) is 0 Å². The maximum atomic E-state index is 2.49. The summed E-state index contributed by atoms with van der Waals surface area (Å²) in [5.41, 5.74) is 13.1. The fraction of sp³-hybridized carbons (Fsp3) is 0.0612. The van der Waals surface area contributed by atoms with E-state index in [1.165, 1.54) is 98.7 Å². The quantitative estimate of drug-likeness (QED) is 0.172. The molecule has 0 unspecified atom stereocenters. The van der Waals surface area contributed by atoms with Crippen molar-refractivity contribution in [1.29, 1.82) is 0 Å². The van der Waals surface area contributed by atoms with Crippen LogP contribution in [0.25, 0.3) is 87.6 Å². The second kappa shape index (κ2) is 10.5. The Morgan fingerprint density at radius 1 is 0.306 bits per heavy atom. The summed E-state index contributed by atoms with van der Waals surface area (Å²) in [7, 11) is 0. The van der Waals surface area contributed by atoms with Crippen LogP contribution in [0.2, 0.25) is 0 Å². The molecule has 0 aliphatic heterocycles. The zero-order valence-electron chi connectivity index (χ0n) is 27.7. The van der Waals surface area contributed by atoms with E-state index in [1.807, 2.05) is 0 Å². The molecule has 9 aromatic rings. The second-order valence-electron chi connectivity index (χ2n) is 14.0. The first-order valence-electron chi connectivity index (χ1n) is 17.3. The molecular formula is C49H34. The third-order valence-electron chi connectivity index (χ3n) is 11.0. The van der Waals surface area contributed by atoms with Gasteiger partial charge in [-0.1, -0.05) is 166 Å². The number of fused-ring (bicyclic) bond motifs is 8. The van der Waals surface area contributed by atoms with E-state index in [1.54, 1.807) is 0 Å². The topological polar surface area (TPSA) is 0 Å². The first-order chi connectivity index (χ1) is 24.1. The Morgan fingerprint density at radius 3 is 1.53 bits per heavy atom. The Kier molecular flexibility index (Phi) is 6.02. The highest BCUT2D eigenvalue weighted by molar-refractivity contribution is 6.22. The van der Waals surface area contributed by atoms with Gasteiger partial charge in [-0.2, -0.15) is 0 Å². The van der Waals surface area contributed by atoms with Gasteiger partial charge in [0.15, 0.2) is 0 Å². The van der Waals surface area contributed by atoms with Crippen LogP contribution in [0.15, 0.2) is 170 Å². The zero-order chi connectivity index (χ0) is 32.7. The summed E-state index contributed by atoms with van der Waals surface area (Å²) in [4.78, 5) is 0. The highest BCUT2D eigenvalue weighted by Crippen LogP contribution is 2.53. The molecule has 0 heteroatoms. The zero-order valence-corrected chi connectivity index (χ0v) is 27.7. The molecule has 0 amide bonds. The Hall–Kier alpha value is -5.98. The third kappa shape index (κ3) is 4.11. The van der Waals surface area contributed by atoms with Gasteiger partial charge >= 0.3 is 0 Å². The van der Waals surface area contributed by atoms with Crippen molar-refractivity contribution >= 4 is 43.1 Å². The van der Waals surface area contributed by atoms with Gasteiger partial charge in [-0.15, -0.1) is 0 Å². The normalized spacial score (nSPS) is 13.3. The van der Waals surface area contributed by atoms with Crippen LogP contribution in [0.5, 0.6) is 0 Å². The van der Waals surface area contributed by atoms with Crippen LogP contribution in [0, 0.1) is 0 Å². The van der Waals surface area contributed by atoms with Crippen LogP contribution in [0.4, 0.5) is 0 Å². The standard InChI is InChI=1S/C49H34/c1-49(2)44-27-25-32-16-6-9-19-37(32)48(44)42-26-24-34(30-45(42)49)46-38-20-10-12-22-40(38)47(41-23-13-11-21-39(41)46)35-28-33-17-7-8-18-36(33)43(29-35)31-14-4-3-5-15-31/h3-30H,1-2H3. The number of benzene rings is 9. The summed E-state index contributed by atoms with van der Waals surface area (Å²) in [5, 5.41) is 10.3. The second-order valence-corrected chi connectivity index (χ2v) is 14.0. The first-order valence-corrected chi connectivity index (χ1v) is 17.3. The molecule has 0 bridgehead atoms. The minimum absolute atomic E-state index is 0.102. The highest BCUT2D eigenvalue weighted by Gasteiger charge is 2.36. The van der Waals surface area contributed by atoms with Crippen LogP contribution < -0.4 is 0 Å². The fourth-order valence-corrected chi connectivity index (χ4v) is 8.72. The van der Waals surface area contributed by atoms with Gasteiger partial charge in [-0.25, -0.2) is 0 Å². The van der Waals surface area contributed by atoms with Crippen LogP contribution in [-0.2, 0) is 5.41 Å². The first kappa shape index (κ1) is 28.1. The van der Waals surface area contributed by atoms with Gasteiger partial charge in [-0.3, -0.25) is 0 Å². The van der Waals surface area contributed by atoms with Gasteiger partial charge in [-0.05, 0) is 117 Å². The number of hydrogen-bond donors (Lipinski definition) is 0. The van der Waals surface area contributed by atoms with Crippen molar-refractivity contribution in [2.24, 2.45) is 0 Å². The molecule has 0 aromatic heterocycles. The van der Waals surface area contributed by atoms with Crippen molar-refractivity contribution in [3.05, 3.63) is 181 Å². The molecule has 9 aromatic carbocycles. The number of rotatable bonds is 3. The Bertz CT molecular complexity index is 2720. The third-order valence-corrected chi connectivity index (χ3v) is 11.0. The molecule has 0 fully saturated rings. The lowest BCUT2D eigenvalue weighted by Gasteiger charge is -2.23. The Morgan fingerprint density at radius 2 is 0.857 bits per heavy atom. The molecule has 0 nitrogen and oxygen atoms in total. The lowest BCUT2D eigenvalue weighted by Crippen LogP contribution is -2.15. The van der Waals surface area contributed by atoms with Gasteiger partial charge in [0, 0.05) is 5.41 Å². The molecule has 230 valence electrons. The molecule has 0 spiro atoms. The summed E-state index contributed by atoms with van der Waals surface area (Å²) < 4.78 is 0. The number of hydrogen-bond acceptors (Lipinski definition) is 0. The van der Waals surface area contributed by atoms with E-state index < -0.39 is 0 Å². The van der Waals surface area contributed by atoms with Crippen LogP contribution in [0.1, 0.15) is 25.0 Å². The van der Waals surface area contributed by atoms with E-state index in [2.05, 4.69) is 184 Å². The largest absolute Gasteiger partial charge is 0.0622 e. The van der Waals surface area contributed by atoms with E-state index in [0.29, 0.717) is 0 Å². The minimum atomic E-state index is -0.102. The SMILES string of the molecule is CC1(C)c2cc(-c3c4ccccc4c(-c4cc(-c5ccccc5)c5ccccc5c4)c4ccccc34)ccc2-c2c1ccc1ccccc21. The summed E-state index contributed by atoms with van der Waals surface area (Å²) in [6.07, 6.45) is 0. The summed E-state index contributed by atoms with van der Waals surface area (Å²) >= 11 is 0. The van der Waals surface area contributed by atoms with Crippen LogP contribution in [-0.4, -0.2) is 0 Å².